The van der Waals surface area contributed by atoms with Crippen molar-refractivity contribution in [1.29, 1.82) is 0 Å². The van der Waals surface area contributed by atoms with Crippen LogP contribution in [0.15, 0.2) is 28.7 Å². The minimum atomic E-state index is -0.413. The van der Waals surface area contributed by atoms with Gasteiger partial charge in [0, 0.05) is 11.4 Å². The molecule has 1 heterocycles. The average Bonchev–Trinajstić information content (AvgIpc) is 2.62. The Hall–Kier alpha value is -1.69. The lowest BCUT2D eigenvalue weighted by Crippen LogP contribution is -2.20. The van der Waals surface area contributed by atoms with Crippen LogP contribution in [0.2, 0.25) is 0 Å². The lowest BCUT2D eigenvalue weighted by Gasteiger charge is -2.07. The summed E-state index contributed by atoms with van der Waals surface area (Å²) in [5, 5.41) is 6.83. The van der Waals surface area contributed by atoms with E-state index in [4.69, 9.17) is 0 Å². The zero-order valence-electron chi connectivity index (χ0n) is 10.6. The van der Waals surface area contributed by atoms with E-state index in [0.717, 1.165) is 11.4 Å². The number of hydrogen-bond donors (Lipinski definition) is 1. The van der Waals surface area contributed by atoms with Crippen molar-refractivity contribution in [3.63, 3.8) is 0 Å². The van der Waals surface area contributed by atoms with Crippen molar-refractivity contribution in [2.24, 2.45) is 0 Å². The predicted octanol–water partition coefficient (Wildman–Crippen LogP) is 3.04. The van der Waals surface area contributed by atoms with Crippen molar-refractivity contribution in [2.75, 3.05) is 5.32 Å². The molecule has 2 aromatic rings. The van der Waals surface area contributed by atoms with Crippen LogP contribution in [-0.2, 0) is 11.3 Å². The Morgan fingerprint density at radius 3 is 2.74 bits per heavy atom. The van der Waals surface area contributed by atoms with E-state index in [1.165, 1.54) is 6.07 Å². The number of hydrogen-bond acceptors (Lipinski definition) is 2. The number of halogens is 2. The predicted molar refractivity (Wildman–Crippen MR) is 74.4 cm³/mol. The fourth-order valence-electron chi connectivity index (χ4n) is 1.75. The number of carbonyl (C=O) groups is 1. The molecule has 0 unspecified atom stereocenters. The van der Waals surface area contributed by atoms with Crippen LogP contribution in [0.25, 0.3) is 0 Å². The molecule has 100 valence electrons. The Morgan fingerprint density at radius 1 is 1.42 bits per heavy atom. The van der Waals surface area contributed by atoms with E-state index >= 15 is 0 Å². The fraction of sp³-hybridized carbons (Fsp3) is 0.231. The summed E-state index contributed by atoms with van der Waals surface area (Å²) in [7, 11) is 0. The van der Waals surface area contributed by atoms with Crippen LogP contribution in [0.1, 0.15) is 11.4 Å². The van der Waals surface area contributed by atoms with Gasteiger partial charge in [0.15, 0.2) is 0 Å². The van der Waals surface area contributed by atoms with Crippen LogP contribution in [0.5, 0.6) is 0 Å². The van der Waals surface area contributed by atoms with E-state index in [9.17, 15) is 9.18 Å². The van der Waals surface area contributed by atoms with Crippen LogP contribution in [0, 0.1) is 19.7 Å². The largest absolute Gasteiger partial charge is 0.324 e. The van der Waals surface area contributed by atoms with E-state index in [1.54, 1.807) is 16.8 Å². The van der Waals surface area contributed by atoms with Crippen molar-refractivity contribution in [2.45, 2.75) is 20.4 Å². The molecule has 1 amide bonds. The Kier molecular flexibility index (Phi) is 3.99. The molecule has 0 aliphatic rings. The number of benzene rings is 1. The molecular formula is C13H13BrFN3O. The monoisotopic (exact) mass is 325 g/mol. The molecule has 6 heteroatoms. The number of carbonyl (C=O) groups excluding carboxylic acids is 1. The van der Waals surface area contributed by atoms with Gasteiger partial charge < -0.3 is 5.32 Å². The molecule has 0 fully saturated rings. The summed E-state index contributed by atoms with van der Waals surface area (Å²) in [6.07, 6.45) is 0. The molecule has 0 aliphatic carbocycles. The highest BCUT2D eigenvalue weighted by atomic mass is 79.9. The maximum Gasteiger partial charge on any atom is 0.246 e. The average molecular weight is 326 g/mol. The first-order chi connectivity index (χ1) is 8.95. The van der Waals surface area contributed by atoms with Gasteiger partial charge >= 0.3 is 0 Å². The van der Waals surface area contributed by atoms with Gasteiger partial charge in [-0.2, -0.15) is 5.10 Å². The fourth-order valence-corrected chi connectivity index (χ4v) is 1.99. The Labute approximate surface area is 118 Å². The molecule has 0 radical (unpaired) electrons. The van der Waals surface area contributed by atoms with Gasteiger partial charge in [0.25, 0.3) is 0 Å². The van der Waals surface area contributed by atoms with Gasteiger partial charge in [0.1, 0.15) is 12.4 Å². The minimum absolute atomic E-state index is 0.108. The number of aryl methyl sites for hydroxylation is 2. The lowest BCUT2D eigenvalue weighted by atomic mass is 10.3. The van der Waals surface area contributed by atoms with Crippen LogP contribution < -0.4 is 5.32 Å². The van der Waals surface area contributed by atoms with Crippen LogP contribution in [0.3, 0.4) is 0 Å². The number of rotatable bonds is 3. The zero-order chi connectivity index (χ0) is 14.0. The summed E-state index contributed by atoms with van der Waals surface area (Å²) < 4.78 is 15.3. The SMILES string of the molecule is Cc1cc(C)n(CC(=O)Nc2ccc(Br)c(F)c2)n1. The number of nitrogens with zero attached hydrogens (tertiary/aromatic N) is 2. The van der Waals surface area contributed by atoms with Gasteiger partial charge in [-0.1, -0.05) is 0 Å². The smallest absolute Gasteiger partial charge is 0.246 e. The first kappa shape index (κ1) is 13.7. The number of nitrogens with one attached hydrogen (secondary N) is 1. The van der Waals surface area contributed by atoms with Crippen molar-refractivity contribution >= 4 is 27.5 Å². The Balaban J connectivity index is 2.05. The molecule has 1 N–H and O–H groups in total. The van der Waals surface area contributed by atoms with Crippen molar-refractivity contribution in [1.82, 2.24) is 9.78 Å². The summed E-state index contributed by atoms with van der Waals surface area (Å²) in [6.45, 7) is 3.86. The van der Waals surface area contributed by atoms with Gasteiger partial charge in [-0.05, 0) is 54.0 Å². The molecule has 1 aromatic carbocycles. The van der Waals surface area contributed by atoms with Crippen molar-refractivity contribution in [3.8, 4) is 0 Å². The summed E-state index contributed by atoms with van der Waals surface area (Å²) in [6, 6.07) is 6.34. The summed E-state index contributed by atoms with van der Waals surface area (Å²) in [5.41, 5.74) is 2.20. The standard InChI is InChI=1S/C13H13BrFN3O/c1-8-5-9(2)18(17-8)7-13(19)16-10-3-4-11(14)12(15)6-10/h3-6H,7H2,1-2H3,(H,16,19). The van der Waals surface area contributed by atoms with E-state index in [1.807, 2.05) is 19.9 Å². The summed E-state index contributed by atoms with van der Waals surface area (Å²) in [5.74, 6) is -0.656. The maximum atomic E-state index is 13.3. The minimum Gasteiger partial charge on any atom is -0.324 e. The van der Waals surface area contributed by atoms with Gasteiger partial charge in [-0.3, -0.25) is 9.48 Å². The quantitative estimate of drug-likeness (QED) is 0.942. The third-order valence-electron chi connectivity index (χ3n) is 2.60. The molecule has 0 aliphatic heterocycles. The zero-order valence-corrected chi connectivity index (χ0v) is 12.2. The molecule has 0 saturated carbocycles. The Bertz CT molecular complexity index is 624. The second kappa shape index (κ2) is 5.52. The lowest BCUT2D eigenvalue weighted by molar-refractivity contribution is -0.116. The highest BCUT2D eigenvalue weighted by molar-refractivity contribution is 9.10. The first-order valence-corrected chi connectivity index (χ1v) is 6.51. The van der Waals surface area contributed by atoms with Gasteiger partial charge in [0.05, 0.1) is 10.2 Å². The third-order valence-corrected chi connectivity index (χ3v) is 3.24. The summed E-state index contributed by atoms with van der Waals surface area (Å²) in [4.78, 5) is 11.8. The molecule has 2 rings (SSSR count). The topological polar surface area (TPSA) is 46.9 Å². The van der Waals surface area contributed by atoms with Crippen LogP contribution >= 0.6 is 15.9 Å². The highest BCUT2D eigenvalue weighted by Crippen LogP contribution is 2.19. The molecule has 1 aromatic heterocycles. The van der Waals surface area contributed by atoms with E-state index < -0.39 is 5.82 Å². The van der Waals surface area contributed by atoms with Gasteiger partial charge in [-0.25, -0.2) is 4.39 Å². The van der Waals surface area contributed by atoms with E-state index in [2.05, 4.69) is 26.3 Å². The molecule has 4 nitrogen and oxygen atoms in total. The number of aromatic nitrogens is 2. The van der Waals surface area contributed by atoms with Gasteiger partial charge in [-0.15, -0.1) is 0 Å². The van der Waals surface area contributed by atoms with Crippen molar-refractivity contribution in [3.05, 3.63) is 45.9 Å². The van der Waals surface area contributed by atoms with E-state index in [-0.39, 0.29) is 12.5 Å². The highest BCUT2D eigenvalue weighted by Gasteiger charge is 2.08. The molecule has 0 spiro atoms. The Morgan fingerprint density at radius 2 is 2.16 bits per heavy atom. The normalized spacial score (nSPS) is 10.5. The molecule has 0 atom stereocenters. The maximum absolute atomic E-state index is 13.3. The molecule has 0 bridgehead atoms. The number of anilines is 1. The molecule has 19 heavy (non-hydrogen) atoms. The molecule has 0 saturated heterocycles. The van der Waals surface area contributed by atoms with Gasteiger partial charge in [0.2, 0.25) is 5.91 Å². The van der Waals surface area contributed by atoms with Crippen LogP contribution in [-0.4, -0.2) is 15.7 Å². The summed E-state index contributed by atoms with van der Waals surface area (Å²) >= 11 is 3.06. The van der Waals surface area contributed by atoms with Crippen molar-refractivity contribution < 1.29 is 9.18 Å². The first-order valence-electron chi connectivity index (χ1n) is 5.71. The second-order valence-corrected chi connectivity index (χ2v) is 5.12. The molecular weight excluding hydrogens is 313 g/mol. The second-order valence-electron chi connectivity index (χ2n) is 4.26. The third kappa shape index (κ3) is 3.41. The van der Waals surface area contributed by atoms with Crippen LogP contribution in [0.4, 0.5) is 10.1 Å². The number of amides is 1. The van der Waals surface area contributed by atoms with E-state index in [0.29, 0.717) is 10.2 Å².